The van der Waals surface area contributed by atoms with Gasteiger partial charge in [-0.3, -0.25) is 4.79 Å². The van der Waals surface area contributed by atoms with Gasteiger partial charge in [-0.2, -0.15) is 0 Å². The summed E-state index contributed by atoms with van der Waals surface area (Å²) in [5.41, 5.74) is -0.833. The second kappa shape index (κ2) is 2.98. The van der Waals surface area contributed by atoms with Crippen molar-refractivity contribution in [1.82, 2.24) is 0 Å². The largest absolute Gasteiger partial charge is 0.497 e. The first-order valence-corrected chi connectivity index (χ1v) is 4.60. The maximum absolute atomic E-state index is 11.6. The van der Waals surface area contributed by atoms with Crippen molar-refractivity contribution in [3.8, 4) is 0 Å². The van der Waals surface area contributed by atoms with Crippen LogP contribution in [0.15, 0.2) is 11.5 Å². The van der Waals surface area contributed by atoms with Gasteiger partial charge in [-0.1, -0.05) is 0 Å². The average molecular weight is 198 g/mol. The SMILES string of the molecule is COC1=C(OC)[C@]2(OC)C(=O)C[C@@H]2C1. The highest BCUT2D eigenvalue weighted by atomic mass is 16.6. The zero-order valence-electron chi connectivity index (χ0n) is 8.62. The van der Waals surface area contributed by atoms with Gasteiger partial charge in [-0.05, 0) is 0 Å². The molecule has 1 saturated carbocycles. The normalized spacial score (nSPS) is 35.4. The fourth-order valence-electron chi connectivity index (χ4n) is 2.48. The number of allylic oxidation sites excluding steroid dienone is 1. The summed E-state index contributed by atoms with van der Waals surface area (Å²) in [5.74, 6) is 1.59. The van der Waals surface area contributed by atoms with E-state index in [1.165, 1.54) is 0 Å². The molecular formula is C10H14O4. The Balaban J connectivity index is 2.41. The summed E-state index contributed by atoms with van der Waals surface area (Å²) in [7, 11) is 4.68. The molecule has 4 heteroatoms. The number of hydrogen-bond acceptors (Lipinski definition) is 4. The number of methoxy groups -OCH3 is 3. The smallest absolute Gasteiger partial charge is 0.189 e. The highest BCUT2D eigenvalue weighted by Gasteiger charge is 2.64. The second-order valence-electron chi connectivity index (χ2n) is 3.63. The molecule has 2 aliphatic carbocycles. The quantitative estimate of drug-likeness (QED) is 0.675. The number of hydrogen-bond donors (Lipinski definition) is 0. The van der Waals surface area contributed by atoms with E-state index in [-0.39, 0.29) is 11.7 Å². The zero-order valence-corrected chi connectivity index (χ0v) is 8.62. The topological polar surface area (TPSA) is 44.8 Å². The second-order valence-corrected chi connectivity index (χ2v) is 3.63. The van der Waals surface area contributed by atoms with Crippen LogP contribution in [0, 0.1) is 5.92 Å². The van der Waals surface area contributed by atoms with E-state index < -0.39 is 5.60 Å². The van der Waals surface area contributed by atoms with Gasteiger partial charge in [0.15, 0.2) is 17.1 Å². The van der Waals surface area contributed by atoms with Gasteiger partial charge < -0.3 is 14.2 Å². The van der Waals surface area contributed by atoms with Gasteiger partial charge in [0.05, 0.1) is 14.2 Å². The Morgan fingerprint density at radius 3 is 2.36 bits per heavy atom. The standard InChI is InChI=1S/C10H14O4/c1-12-7-4-6-5-8(11)10(6,14-3)9(7)13-2/h6H,4-5H2,1-3H3/t6-,10+/m0/s1. The minimum atomic E-state index is -0.833. The molecule has 0 aromatic rings. The monoisotopic (exact) mass is 198 g/mol. The predicted molar refractivity (Wildman–Crippen MR) is 48.5 cm³/mol. The lowest BCUT2D eigenvalue weighted by molar-refractivity contribution is -0.164. The van der Waals surface area contributed by atoms with Gasteiger partial charge in [0.2, 0.25) is 0 Å². The summed E-state index contributed by atoms with van der Waals surface area (Å²) in [6, 6.07) is 0. The molecule has 0 amide bonds. The molecule has 0 bridgehead atoms. The highest BCUT2D eigenvalue weighted by molar-refractivity contribution is 5.98. The molecule has 4 nitrogen and oxygen atoms in total. The third-order valence-electron chi connectivity index (χ3n) is 3.22. The van der Waals surface area contributed by atoms with E-state index in [1.807, 2.05) is 0 Å². The van der Waals surface area contributed by atoms with Gasteiger partial charge in [-0.15, -0.1) is 0 Å². The lowest BCUT2D eigenvalue weighted by Crippen LogP contribution is -2.56. The molecule has 2 rings (SSSR count). The number of rotatable bonds is 3. The summed E-state index contributed by atoms with van der Waals surface area (Å²) in [4.78, 5) is 11.6. The van der Waals surface area contributed by atoms with Gasteiger partial charge in [0.25, 0.3) is 0 Å². The van der Waals surface area contributed by atoms with Crippen molar-refractivity contribution in [1.29, 1.82) is 0 Å². The number of carbonyl (C=O) groups is 1. The number of ether oxygens (including phenoxy) is 3. The highest BCUT2D eigenvalue weighted by Crippen LogP contribution is 2.53. The van der Waals surface area contributed by atoms with Gasteiger partial charge in [0.1, 0.15) is 5.76 Å². The van der Waals surface area contributed by atoms with Crippen LogP contribution in [0.2, 0.25) is 0 Å². The Labute approximate surface area is 82.8 Å². The first-order chi connectivity index (χ1) is 6.70. The minimum absolute atomic E-state index is 0.0916. The van der Waals surface area contributed by atoms with Crippen LogP contribution in [-0.2, 0) is 19.0 Å². The molecule has 2 atom stereocenters. The molecule has 0 aromatic heterocycles. The molecule has 0 unspecified atom stereocenters. The van der Waals surface area contributed by atoms with E-state index in [9.17, 15) is 4.79 Å². The van der Waals surface area contributed by atoms with Gasteiger partial charge in [-0.25, -0.2) is 0 Å². The van der Waals surface area contributed by atoms with Crippen LogP contribution in [0.1, 0.15) is 12.8 Å². The van der Waals surface area contributed by atoms with Crippen LogP contribution in [0.25, 0.3) is 0 Å². The molecule has 0 spiro atoms. The van der Waals surface area contributed by atoms with Crippen molar-refractivity contribution >= 4 is 5.78 Å². The Hall–Kier alpha value is -1.03. The fourth-order valence-corrected chi connectivity index (χ4v) is 2.48. The molecule has 0 heterocycles. The van der Waals surface area contributed by atoms with Crippen molar-refractivity contribution in [2.75, 3.05) is 21.3 Å². The van der Waals surface area contributed by atoms with E-state index in [0.717, 1.165) is 12.2 Å². The zero-order chi connectivity index (χ0) is 10.3. The molecule has 0 saturated heterocycles. The molecule has 14 heavy (non-hydrogen) atoms. The first kappa shape index (κ1) is 9.52. The van der Waals surface area contributed by atoms with Gasteiger partial charge >= 0.3 is 0 Å². The van der Waals surface area contributed by atoms with E-state index in [1.54, 1.807) is 21.3 Å². The summed E-state index contributed by atoms with van der Waals surface area (Å²) in [5, 5.41) is 0. The van der Waals surface area contributed by atoms with Crippen LogP contribution < -0.4 is 0 Å². The third kappa shape index (κ3) is 0.843. The average Bonchev–Trinajstić information content (AvgIpc) is 2.45. The molecule has 2 aliphatic rings. The molecule has 1 fully saturated rings. The van der Waals surface area contributed by atoms with Crippen molar-refractivity contribution in [2.45, 2.75) is 18.4 Å². The van der Waals surface area contributed by atoms with Crippen molar-refractivity contribution in [3.05, 3.63) is 11.5 Å². The number of Topliss-reactive ketones (excluding diaryl/α,β-unsaturated/α-hetero) is 1. The Bertz CT molecular complexity index is 307. The van der Waals surface area contributed by atoms with E-state index in [2.05, 4.69) is 0 Å². The first-order valence-electron chi connectivity index (χ1n) is 4.60. The predicted octanol–water partition coefficient (Wildman–Crippen LogP) is 0.869. The number of carbonyl (C=O) groups excluding carboxylic acids is 1. The van der Waals surface area contributed by atoms with Crippen molar-refractivity contribution < 1.29 is 19.0 Å². The lowest BCUT2D eigenvalue weighted by Gasteiger charge is -2.41. The van der Waals surface area contributed by atoms with Crippen LogP contribution in [0.3, 0.4) is 0 Å². The summed E-state index contributed by atoms with van der Waals surface area (Å²) < 4.78 is 15.7. The molecule has 0 aliphatic heterocycles. The molecule has 0 N–H and O–H groups in total. The third-order valence-corrected chi connectivity index (χ3v) is 3.22. The number of ketones is 1. The molecule has 78 valence electrons. The van der Waals surface area contributed by atoms with Crippen LogP contribution in [-0.4, -0.2) is 32.7 Å². The maximum atomic E-state index is 11.6. The van der Waals surface area contributed by atoms with E-state index >= 15 is 0 Å². The van der Waals surface area contributed by atoms with Crippen molar-refractivity contribution in [3.63, 3.8) is 0 Å². The Kier molecular flexibility index (Phi) is 2.03. The maximum Gasteiger partial charge on any atom is 0.189 e. The molecule has 0 radical (unpaired) electrons. The van der Waals surface area contributed by atoms with Crippen LogP contribution in [0.5, 0.6) is 0 Å². The van der Waals surface area contributed by atoms with E-state index in [0.29, 0.717) is 12.2 Å². The summed E-state index contributed by atoms with van der Waals surface area (Å²) >= 11 is 0. The van der Waals surface area contributed by atoms with Crippen molar-refractivity contribution in [2.24, 2.45) is 5.92 Å². The Morgan fingerprint density at radius 1 is 1.21 bits per heavy atom. The van der Waals surface area contributed by atoms with Gasteiger partial charge in [0, 0.05) is 25.9 Å². The lowest BCUT2D eigenvalue weighted by atomic mass is 9.69. The molecule has 0 aromatic carbocycles. The molecular weight excluding hydrogens is 184 g/mol. The van der Waals surface area contributed by atoms with Crippen LogP contribution >= 0.6 is 0 Å². The van der Waals surface area contributed by atoms with Crippen LogP contribution in [0.4, 0.5) is 0 Å². The minimum Gasteiger partial charge on any atom is -0.497 e. The fraction of sp³-hybridized carbons (Fsp3) is 0.700. The summed E-state index contributed by atoms with van der Waals surface area (Å²) in [6.45, 7) is 0. The Morgan fingerprint density at radius 2 is 1.93 bits per heavy atom. The van der Waals surface area contributed by atoms with E-state index in [4.69, 9.17) is 14.2 Å². The number of fused-ring (bicyclic) bond motifs is 1. The summed E-state index contributed by atoms with van der Waals surface area (Å²) in [6.07, 6.45) is 1.30.